The lowest BCUT2D eigenvalue weighted by atomic mass is 10.2. The summed E-state index contributed by atoms with van der Waals surface area (Å²) < 4.78 is 45.5. The molecule has 1 unspecified atom stereocenters. The number of nitrogens with zero attached hydrogens (tertiary/aromatic N) is 1. The first kappa shape index (κ1) is 24.0. The number of ether oxygens (including phenoxy) is 1. The van der Waals surface area contributed by atoms with Crippen LogP contribution in [0.1, 0.15) is 36.5 Å². The number of hydrogen-bond donors (Lipinski definition) is 2. The van der Waals surface area contributed by atoms with E-state index in [0.29, 0.717) is 13.1 Å². The van der Waals surface area contributed by atoms with Crippen LogP contribution in [0.25, 0.3) is 0 Å². The number of halogens is 2. The van der Waals surface area contributed by atoms with Gasteiger partial charge in [0.2, 0.25) is 10.0 Å². The highest BCUT2D eigenvalue weighted by molar-refractivity contribution is 7.89. The second-order valence-corrected chi connectivity index (χ2v) is 9.61. The Morgan fingerprint density at radius 3 is 2.38 bits per heavy atom. The smallest absolute Gasteiger partial charge is 0.279 e. The van der Waals surface area contributed by atoms with E-state index in [4.69, 9.17) is 16.3 Å². The molecule has 8 nitrogen and oxygen atoms in total. The van der Waals surface area contributed by atoms with Gasteiger partial charge in [-0.25, -0.2) is 12.8 Å². The third kappa shape index (κ3) is 5.76. The zero-order valence-corrected chi connectivity index (χ0v) is 18.9. The molecule has 0 spiro atoms. The van der Waals surface area contributed by atoms with Crippen molar-refractivity contribution < 1.29 is 27.1 Å². The molecule has 0 saturated carbocycles. The quantitative estimate of drug-likeness (QED) is 0.615. The normalized spacial score (nSPS) is 15.6. The van der Waals surface area contributed by atoms with Gasteiger partial charge in [-0.15, -0.1) is 0 Å². The van der Waals surface area contributed by atoms with Gasteiger partial charge >= 0.3 is 0 Å². The van der Waals surface area contributed by atoms with Crippen LogP contribution in [0.5, 0.6) is 5.75 Å². The number of piperidine rings is 1. The summed E-state index contributed by atoms with van der Waals surface area (Å²) in [5, 5.41) is 0.0324. The maximum absolute atomic E-state index is 13.0. The first-order valence-corrected chi connectivity index (χ1v) is 11.8. The van der Waals surface area contributed by atoms with Crippen molar-refractivity contribution in [1.29, 1.82) is 0 Å². The molecule has 32 heavy (non-hydrogen) atoms. The topological polar surface area (TPSA) is 105 Å². The Hall–Kier alpha value is -2.69. The molecule has 1 aliphatic rings. The van der Waals surface area contributed by atoms with E-state index in [0.717, 1.165) is 19.3 Å². The summed E-state index contributed by atoms with van der Waals surface area (Å²) >= 11 is 6.09. The number of benzene rings is 2. The van der Waals surface area contributed by atoms with Gasteiger partial charge in [0.1, 0.15) is 11.6 Å². The van der Waals surface area contributed by atoms with Crippen LogP contribution in [0.15, 0.2) is 47.4 Å². The van der Waals surface area contributed by atoms with Crippen LogP contribution in [0.3, 0.4) is 0 Å². The number of hydrogen-bond acceptors (Lipinski definition) is 5. The average molecular weight is 484 g/mol. The Morgan fingerprint density at radius 1 is 1.06 bits per heavy atom. The first-order chi connectivity index (χ1) is 15.2. The van der Waals surface area contributed by atoms with Crippen molar-refractivity contribution in [1.82, 2.24) is 15.2 Å². The molecule has 2 aromatic rings. The molecule has 1 aliphatic heterocycles. The van der Waals surface area contributed by atoms with Gasteiger partial charge in [0.15, 0.2) is 6.10 Å². The lowest BCUT2D eigenvalue weighted by molar-refractivity contribution is -0.128. The second-order valence-electron chi connectivity index (χ2n) is 7.26. The van der Waals surface area contributed by atoms with Crippen molar-refractivity contribution in [3.8, 4) is 5.75 Å². The van der Waals surface area contributed by atoms with Crippen LogP contribution in [0, 0.1) is 5.82 Å². The summed E-state index contributed by atoms with van der Waals surface area (Å²) in [6, 6.07) is 8.97. The standard InChI is InChI=1S/C21H23ClFN3O5S/c1-14(31-16-7-5-15(23)6-8-16)20(27)24-25-21(28)18-13-17(9-10-19(18)22)32(29,30)26-11-3-2-4-12-26/h5-10,13-14H,2-4,11-12H2,1H3,(H,24,27)(H,25,28). The number of sulfonamides is 1. The van der Waals surface area contributed by atoms with Gasteiger partial charge in [0, 0.05) is 13.1 Å². The Kier molecular flexibility index (Phi) is 7.70. The Labute approximate surface area is 190 Å². The largest absolute Gasteiger partial charge is 0.481 e. The molecule has 2 N–H and O–H groups in total. The second kappa shape index (κ2) is 10.3. The zero-order chi connectivity index (χ0) is 23.3. The molecule has 11 heteroatoms. The number of carbonyl (C=O) groups excluding carboxylic acids is 2. The van der Waals surface area contributed by atoms with Gasteiger partial charge in [-0.05, 0) is 62.2 Å². The highest BCUT2D eigenvalue weighted by atomic mass is 35.5. The first-order valence-electron chi connectivity index (χ1n) is 10.0. The molecule has 1 fully saturated rings. The van der Waals surface area contributed by atoms with E-state index >= 15 is 0 Å². The molecule has 2 amide bonds. The lowest BCUT2D eigenvalue weighted by Crippen LogP contribution is -2.47. The maximum atomic E-state index is 13.0. The molecule has 1 heterocycles. The molecule has 0 bridgehead atoms. The maximum Gasteiger partial charge on any atom is 0.279 e. The highest BCUT2D eigenvalue weighted by Gasteiger charge is 2.27. The van der Waals surface area contributed by atoms with Crippen molar-refractivity contribution in [2.75, 3.05) is 13.1 Å². The number of carbonyl (C=O) groups is 2. The van der Waals surface area contributed by atoms with E-state index in [-0.39, 0.29) is 21.2 Å². The highest BCUT2D eigenvalue weighted by Crippen LogP contribution is 2.25. The van der Waals surface area contributed by atoms with E-state index < -0.39 is 33.8 Å². The van der Waals surface area contributed by atoms with Crippen LogP contribution in [0.2, 0.25) is 5.02 Å². The van der Waals surface area contributed by atoms with E-state index in [2.05, 4.69) is 10.9 Å². The number of amides is 2. The summed E-state index contributed by atoms with van der Waals surface area (Å²) in [5.41, 5.74) is 4.31. The summed E-state index contributed by atoms with van der Waals surface area (Å²) in [5.74, 6) is -1.62. The summed E-state index contributed by atoms with van der Waals surface area (Å²) in [7, 11) is -3.76. The Balaban J connectivity index is 1.65. The molecular formula is C21H23ClFN3O5S. The fraction of sp³-hybridized carbons (Fsp3) is 0.333. The minimum atomic E-state index is -3.76. The van der Waals surface area contributed by atoms with Crippen molar-refractivity contribution >= 4 is 33.4 Å². The molecule has 1 atom stereocenters. The molecule has 172 valence electrons. The van der Waals surface area contributed by atoms with Crippen LogP contribution in [-0.4, -0.2) is 43.7 Å². The molecule has 0 aliphatic carbocycles. The van der Waals surface area contributed by atoms with Crippen LogP contribution >= 0.6 is 11.6 Å². The minimum absolute atomic E-state index is 0.0324. The van der Waals surface area contributed by atoms with Gasteiger partial charge in [-0.3, -0.25) is 20.4 Å². The van der Waals surface area contributed by atoms with Crippen molar-refractivity contribution in [2.24, 2.45) is 0 Å². The third-order valence-corrected chi connectivity index (χ3v) is 7.15. The minimum Gasteiger partial charge on any atom is -0.481 e. The average Bonchev–Trinajstić information content (AvgIpc) is 2.79. The summed E-state index contributed by atoms with van der Waals surface area (Å²) in [6.07, 6.45) is 1.54. The van der Waals surface area contributed by atoms with E-state index in [1.807, 2.05) is 0 Å². The molecule has 3 rings (SSSR count). The van der Waals surface area contributed by atoms with E-state index in [1.165, 1.54) is 53.7 Å². The number of nitrogens with one attached hydrogen (secondary N) is 2. The van der Waals surface area contributed by atoms with E-state index in [1.54, 1.807) is 0 Å². The molecule has 2 aromatic carbocycles. The third-order valence-electron chi connectivity index (χ3n) is 4.93. The van der Waals surface area contributed by atoms with Crippen molar-refractivity contribution in [3.05, 3.63) is 58.9 Å². The SMILES string of the molecule is CC(Oc1ccc(F)cc1)C(=O)NNC(=O)c1cc(S(=O)(=O)N2CCCCC2)ccc1Cl. The van der Waals surface area contributed by atoms with E-state index in [9.17, 15) is 22.4 Å². The van der Waals surface area contributed by atoms with Gasteiger partial charge in [-0.2, -0.15) is 4.31 Å². The Bertz CT molecular complexity index is 1090. The fourth-order valence-electron chi connectivity index (χ4n) is 3.15. The fourth-order valence-corrected chi connectivity index (χ4v) is 4.90. The van der Waals surface area contributed by atoms with Gasteiger partial charge in [0.25, 0.3) is 11.8 Å². The summed E-state index contributed by atoms with van der Waals surface area (Å²) in [4.78, 5) is 24.7. The predicted octanol–water partition coefficient (Wildman–Crippen LogP) is 2.88. The molecular weight excluding hydrogens is 461 g/mol. The van der Waals surface area contributed by atoms with Gasteiger partial charge in [-0.1, -0.05) is 18.0 Å². The monoisotopic (exact) mass is 483 g/mol. The molecule has 0 aromatic heterocycles. The van der Waals surface area contributed by atoms with Crippen molar-refractivity contribution in [2.45, 2.75) is 37.2 Å². The number of rotatable bonds is 6. The zero-order valence-electron chi connectivity index (χ0n) is 17.3. The molecule has 1 saturated heterocycles. The van der Waals surface area contributed by atoms with Crippen LogP contribution in [0.4, 0.5) is 4.39 Å². The predicted molar refractivity (Wildman–Crippen MR) is 116 cm³/mol. The van der Waals surface area contributed by atoms with Gasteiger partial charge in [0.05, 0.1) is 15.5 Å². The Morgan fingerprint density at radius 2 is 1.72 bits per heavy atom. The van der Waals surface area contributed by atoms with Gasteiger partial charge < -0.3 is 4.74 Å². The molecule has 0 radical (unpaired) electrons. The number of hydrazine groups is 1. The lowest BCUT2D eigenvalue weighted by Gasteiger charge is -2.26. The van der Waals surface area contributed by atoms with Crippen molar-refractivity contribution in [3.63, 3.8) is 0 Å². The van der Waals surface area contributed by atoms with Crippen LogP contribution < -0.4 is 15.6 Å². The van der Waals surface area contributed by atoms with Crippen LogP contribution in [-0.2, 0) is 14.8 Å². The summed E-state index contributed by atoms with van der Waals surface area (Å²) in [6.45, 7) is 2.30.